The van der Waals surface area contributed by atoms with Gasteiger partial charge >= 0.3 is 6.03 Å². The van der Waals surface area contributed by atoms with Crippen molar-refractivity contribution in [3.05, 3.63) is 47.2 Å². The Morgan fingerprint density at radius 3 is 2.71 bits per heavy atom. The van der Waals surface area contributed by atoms with Crippen molar-refractivity contribution < 1.29 is 14.3 Å². The van der Waals surface area contributed by atoms with E-state index in [0.717, 1.165) is 48.0 Å². The van der Waals surface area contributed by atoms with Crippen molar-refractivity contribution in [1.29, 1.82) is 0 Å². The van der Waals surface area contributed by atoms with Gasteiger partial charge in [0.1, 0.15) is 5.65 Å². The highest BCUT2D eigenvalue weighted by molar-refractivity contribution is 6.35. The molecule has 3 aromatic rings. The number of pyridine rings is 1. The zero-order chi connectivity index (χ0) is 24.9. The van der Waals surface area contributed by atoms with Crippen LogP contribution in [-0.4, -0.2) is 47.3 Å². The first kappa shape index (κ1) is 25.2. The number of anilines is 1. The van der Waals surface area contributed by atoms with Gasteiger partial charge in [0.2, 0.25) is 0 Å². The number of carbonyl (C=O) groups is 1. The van der Waals surface area contributed by atoms with E-state index < -0.39 is 0 Å². The summed E-state index contributed by atoms with van der Waals surface area (Å²) in [5.41, 5.74) is 2.67. The van der Waals surface area contributed by atoms with Gasteiger partial charge in [-0.2, -0.15) is 0 Å². The fraction of sp³-hybridized carbons (Fsp3) is 0.481. The van der Waals surface area contributed by atoms with Gasteiger partial charge in [-0.3, -0.25) is 4.90 Å². The summed E-state index contributed by atoms with van der Waals surface area (Å²) in [5.74, 6) is 1.35. The molecule has 1 fully saturated rings. The van der Waals surface area contributed by atoms with Gasteiger partial charge in [-0.15, -0.1) is 0 Å². The molecule has 7 nitrogen and oxygen atoms in total. The summed E-state index contributed by atoms with van der Waals surface area (Å²) in [6, 6.07) is 7.88. The predicted molar refractivity (Wildman–Crippen MR) is 141 cm³/mol. The van der Waals surface area contributed by atoms with Gasteiger partial charge in [0.25, 0.3) is 0 Å². The second-order valence-electron chi connectivity index (χ2n) is 9.25. The summed E-state index contributed by atoms with van der Waals surface area (Å²) in [5, 5.41) is 1.58. The number of hydrogen-bond acceptors (Lipinski definition) is 4. The molecular weight excluding hydrogens is 464 g/mol. The number of methoxy groups -OCH3 is 1. The van der Waals surface area contributed by atoms with Crippen LogP contribution in [0.1, 0.15) is 58.1 Å². The summed E-state index contributed by atoms with van der Waals surface area (Å²) < 4.78 is 13.6. The Kier molecular flexibility index (Phi) is 8.06. The number of unbranched alkanes of at least 4 members (excludes halogenated alkanes) is 2. The molecule has 35 heavy (non-hydrogen) atoms. The fourth-order valence-corrected chi connectivity index (χ4v) is 4.88. The molecular formula is C27H35ClN4O3. The lowest BCUT2D eigenvalue weighted by Gasteiger charge is -2.36. The summed E-state index contributed by atoms with van der Waals surface area (Å²) in [4.78, 5) is 21.8. The van der Waals surface area contributed by atoms with Crippen LogP contribution in [0.15, 0.2) is 36.7 Å². The summed E-state index contributed by atoms with van der Waals surface area (Å²) in [6.45, 7) is 8.83. The quantitative estimate of drug-likeness (QED) is 0.292. The molecule has 1 aliphatic rings. The molecule has 2 amide bonds. The first-order chi connectivity index (χ1) is 16.9. The summed E-state index contributed by atoms with van der Waals surface area (Å²) in [7, 11) is 1.63. The Hall–Kier alpha value is -2.93. The highest BCUT2D eigenvalue weighted by atomic mass is 35.5. The third-order valence-corrected chi connectivity index (χ3v) is 6.73. The number of amides is 2. The van der Waals surface area contributed by atoms with Gasteiger partial charge in [0, 0.05) is 55.2 Å². The zero-order valence-electron chi connectivity index (χ0n) is 21.1. The molecule has 4 rings (SSSR count). The molecule has 188 valence electrons. The Labute approximate surface area is 212 Å². The van der Waals surface area contributed by atoms with Crippen LogP contribution in [0.5, 0.6) is 11.5 Å². The molecule has 1 aliphatic heterocycles. The van der Waals surface area contributed by atoms with Crippen LogP contribution in [0.3, 0.4) is 0 Å². The number of nitrogens with zero attached hydrogens (tertiary/aromatic N) is 4. The van der Waals surface area contributed by atoms with Gasteiger partial charge in [-0.1, -0.05) is 31.4 Å². The van der Waals surface area contributed by atoms with E-state index in [4.69, 9.17) is 21.1 Å². The standard InChI is InChI=1S/C27H35ClN4O3/c1-5-6-7-15-35-24-16-21(9-10-23(24)34-4)31-14-8-13-30(27(31)33)17-20-11-12-29-26-25(20)22(28)18-32(26)19(2)3/h9-12,16,18-19H,5-8,13-15,17H2,1-4H3. The van der Waals surface area contributed by atoms with Crippen molar-refractivity contribution in [2.24, 2.45) is 0 Å². The molecule has 1 saturated heterocycles. The van der Waals surface area contributed by atoms with E-state index in [1.54, 1.807) is 13.3 Å². The van der Waals surface area contributed by atoms with E-state index in [0.29, 0.717) is 42.8 Å². The molecule has 2 aromatic heterocycles. The number of rotatable bonds is 10. The largest absolute Gasteiger partial charge is 0.493 e. The van der Waals surface area contributed by atoms with Crippen molar-refractivity contribution in [3.8, 4) is 11.5 Å². The number of fused-ring (bicyclic) bond motifs is 1. The van der Waals surface area contributed by atoms with Gasteiger partial charge in [-0.25, -0.2) is 9.78 Å². The Morgan fingerprint density at radius 1 is 1.14 bits per heavy atom. The van der Waals surface area contributed by atoms with Gasteiger partial charge in [0.05, 0.1) is 18.7 Å². The summed E-state index contributed by atoms with van der Waals surface area (Å²) in [6.07, 6.45) is 7.84. The maximum atomic E-state index is 13.6. The van der Waals surface area contributed by atoms with Crippen molar-refractivity contribution in [2.45, 2.75) is 59.0 Å². The van der Waals surface area contributed by atoms with Crippen molar-refractivity contribution in [3.63, 3.8) is 0 Å². The van der Waals surface area contributed by atoms with Crippen LogP contribution in [0, 0.1) is 0 Å². The second kappa shape index (κ2) is 11.2. The van der Waals surface area contributed by atoms with Crippen molar-refractivity contribution in [2.75, 3.05) is 31.7 Å². The van der Waals surface area contributed by atoms with Crippen LogP contribution >= 0.6 is 11.6 Å². The third-order valence-electron chi connectivity index (χ3n) is 6.45. The lowest BCUT2D eigenvalue weighted by molar-refractivity contribution is 0.192. The minimum Gasteiger partial charge on any atom is -0.493 e. The minimum atomic E-state index is -0.0253. The number of benzene rings is 1. The molecule has 0 N–H and O–H groups in total. The fourth-order valence-electron chi connectivity index (χ4n) is 4.57. The highest BCUT2D eigenvalue weighted by Crippen LogP contribution is 2.34. The molecule has 0 radical (unpaired) electrons. The van der Waals surface area contributed by atoms with E-state index in [1.807, 2.05) is 40.3 Å². The number of halogens is 1. The zero-order valence-corrected chi connectivity index (χ0v) is 21.8. The Bertz CT molecular complexity index is 1180. The SMILES string of the molecule is CCCCCOc1cc(N2CCCN(Cc3ccnc4c3c(Cl)cn4C(C)C)C2=O)ccc1OC. The average Bonchev–Trinajstić information content (AvgIpc) is 3.21. The van der Waals surface area contributed by atoms with Crippen molar-refractivity contribution >= 4 is 34.4 Å². The molecule has 0 aliphatic carbocycles. The van der Waals surface area contributed by atoms with Crippen LogP contribution in [0.4, 0.5) is 10.5 Å². The lowest BCUT2D eigenvalue weighted by atomic mass is 10.1. The third kappa shape index (κ3) is 5.35. The topological polar surface area (TPSA) is 59.8 Å². The van der Waals surface area contributed by atoms with Gasteiger partial charge < -0.3 is 18.9 Å². The van der Waals surface area contributed by atoms with E-state index >= 15 is 0 Å². The highest BCUT2D eigenvalue weighted by Gasteiger charge is 2.28. The number of carbonyl (C=O) groups excluding carboxylic acids is 1. The molecule has 0 spiro atoms. The van der Waals surface area contributed by atoms with E-state index in [1.165, 1.54) is 0 Å². The number of ether oxygens (including phenoxy) is 2. The molecule has 3 heterocycles. The summed E-state index contributed by atoms with van der Waals surface area (Å²) >= 11 is 6.61. The lowest BCUT2D eigenvalue weighted by Crippen LogP contribution is -2.49. The Balaban J connectivity index is 1.56. The monoisotopic (exact) mass is 498 g/mol. The van der Waals surface area contributed by atoms with E-state index in [2.05, 4.69) is 30.3 Å². The second-order valence-corrected chi connectivity index (χ2v) is 9.65. The van der Waals surface area contributed by atoms with Gasteiger partial charge in [0.15, 0.2) is 11.5 Å². The normalized spacial score (nSPS) is 14.3. The van der Waals surface area contributed by atoms with E-state index in [9.17, 15) is 4.79 Å². The molecule has 0 saturated carbocycles. The number of urea groups is 1. The maximum Gasteiger partial charge on any atom is 0.324 e. The minimum absolute atomic E-state index is 0.0253. The van der Waals surface area contributed by atoms with Crippen LogP contribution in [0.2, 0.25) is 5.02 Å². The number of aromatic nitrogens is 2. The molecule has 0 bridgehead atoms. The van der Waals surface area contributed by atoms with E-state index in [-0.39, 0.29) is 12.1 Å². The van der Waals surface area contributed by atoms with Crippen LogP contribution in [0.25, 0.3) is 11.0 Å². The molecule has 0 unspecified atom stereocenters. The smallest absolute Gasteiger partial charge is 0.324 e. The van der Waals surface area contributed by atoms with Crippen LogP contribution in [-0.2, 0) is 6.54 Å². The average molecular weight is 499 g/mol. The maximum absolute atomic E-state index is 13.6. The van der Waals surface area contributed by atoms with Crippen molar-refractivity contribution in [1.82, 2.24) is 14.5 Å². The first-order valence-electron chi connectivity index (χ1n) is 12.5. The molecule has 0 atom stereocenters. The number of hydrogen-bond donors (Lipinski definition) is 0. The Morgan fingerprint density at radius 2 is 1.97 bits per heavy atom. The first-order valence-corrected chi connectivity index (χ1v) is 12.8. The van der Waals surface area contributed by atoms with Gasteiger partial charge in [-0.05, 0) is 50.5 Å². The predicted octanol–water partition coefficient (Wildman–Crippen LogP) is 6.68. The van der Waals surface area contributed by atoms with Crippen LogP contribution < -0.4 is 14.4 Å². The molecule has 1 aromatic carbocycles. The molecule has 8 heteroatoms.